The maximum atomic E-state index is 11.5. The highest BCUT2D eigenvalue weighted by Gasteiger charge is 2.18. The Morgan fingerprint density at radius 3 is 2.76 bits per heavy atom. The van der Waals surface area contributed by atoms with Gasteiger partial charge >= 0.3 is 12.0 Å². The third-order valence-corrected chi connectivity index (χ3v) is 2.87. The molecule has 1 unspecified atom stereocenters. The van der Waals surface area contributed by atoms with E-state index < -0.39 is 18.0 Å². The molecule has 0 saturated heterocycles. The van der Waals surface area contributed by atoms with E-state index in [1.165, 1.54) is 11.8 Å². The summed E-state index contributed by atoms with van der Waals surface area (Å²) in [6, 6.07) is -1.48. The van der Waals surface area contributed by atoms with Crippen LogP contribution in [0, 0.1) is 0 Å². The highest BCUT2D eigenvalue weighted by atomic mass is 32.2. The smallest absolute Gasteiger partial charge is 0.326 e. The lowest BCUT2D eigenvalue weighted by Crippen LogP contribution is -2.46. The van der Waals surface area contributed by atoms with E-state index in [2.05, 4.69) is 27.5 Å². The second-order valence-electron chi connectivity index (χ2n) is 3.78. The van der Waals surface area contributed by atoms with Gasteiger partial charge in [0.05, 0.1) is 13.1 Å². The number of nitrogens with two attached hydrogens (primary N) is 1. The van der Waals surface area contributed by atoms with Gasteiger partial charge in [0, 0.05) is 0 Å². The van der Waals surface area contributed by atoms with Crippen molar-refractivity contribution in [2.45, 2.75) is 12.5 Å². The quantitative estimate of drug-likeness (QED) is 0.185. The van der Waals surface area contributed by atoms with Crippen molar-refractivity contribution >= 4 is 36.3 Å². The van der Waals surface area contributed by atoms with Crippen molar-refractivity contribution in [1.82, 2.24) is 10.6 Å². The molecule has 120 valence electrons. The molecule has 0 aliphatic rings. The molecule has 0 spiro atoms. The molecule has 0 aromatic heterocycles. The second kappa shape index (κ2) is 12.0. The lowest BCUT2D eigenvalue weighted by molar-refractivity contribution is -0.139. The van der Waals surface area contributed by atoms with Gasteiger partial charge < -0.3 is 26.3 Å². The van der Waals surface area contributed by atoms with Crippen molar-refractivity contribution in [1.29, 1.82) is 0 Å². The number of carboxylic acids is 1. The Morgan fingerprint density at radius 2 is 2.24 bits per heavy atom. The van der Waals surface area contributed by atoms with Crippen LogP contribution in [0.5, 0.6) is 0 Å². The van der Waals surface area contributed by atoms with E-state index in [1.54, 1.807) is 0 Å². The number of carbonyl (C=O) groups is 2. The van der Waals surface area contributed by atoms with Gasteiger partial charge in [-0.25, -0.2) is 14.6 Å². The molecule has 0 aromatic rings. The van der Waals surface area contributed by atoms with Crippen molar-refractivity contribution in [3.63, 3.8) is 0 Å². The Morgan fingerprint density at radius 1 is 1.52 bits per heavy atom. The van der Waals surface area contributed by atoms with Gasteiger partial charge in [0.15, 0.2) is 5.84 Å². The molecule has 1 atom stereocenters. The average Bonchev–Trinajstić information content (AvgIpc) is 2.47. The molecule has 10 heteroatoms. The second-order valence-corrected chi connectivity index (χ2v) is 4.76. The Kier molecular flexibility index (Phi) is 10.9. The molecule has 9 nitrogen and oxygen atoms in total. The van der Waals surface area contributed by atoms with Gasteiger partial charge in [-0.15, -0.1) is 0 Å². The monoisotopic (exact) mass is 319 g/mol. The minimum Gasteiger partial charge on any atom is -0.480 e. The summed E-state index contributed by atoms with van der Waals surface area (Å²) >= 11 is 1.51. The molecule has 0 aromatic carbocycles. The van der Waals surface area contributed by atoms with Crippen LogP contribution in [0.15, 0.2) is 10.1 Å². The van der Waals surface area contributed by atoms with Crippen molar-refractivity contribution in [2.24, 2.45) is 15.9 Å². The van der Waals surface area contributed by atoms with E-state index in [0.29, 0.717) is 12.2 Å². The lowest BCUT2D eigenvalue weighted by atomic mass is 10.2. The number of amides is 2. The Bertz CT molecular complexity index is 378. The lowest BCUT2D eigenvalue weighted by Gasteiger charge is -2.14. The van der Waals surface area contributed by atoms with Gasteiger partial charge in [-0.3, -0.25) is 0 Å². The molecule has 0 aliphatic carbocycles. The summed E-state index contributed by atoms with van der Waals surface area (Å²) in [5, 5.41) is 17.4. The van der Waals surface area contributed by atoms with E-state index in [0.717, 1.165) is 0 Å². The number of aliphatic carboxylic acids is 1. The SMILES string of the molecule is C=N/C(CN)=N\OCCNC(=O)NC(CCSC)C(=O)O. The molecule has 0 radical (unpaired) electrons. The molecular weight excluding hydrogens is 298 g/mol. The number of rotatable bonds is 10. The number of aliphatic imine (C=N–C) groups is 1. The number of nitrogens with zero attached hydrogens (tertiary/aromatic N) is 2. The first-order valence-corrected chi connectivity index (χ1v) is 7.56. The van der Waals surface area contributed by atoms with E-state index in [1.807, 2.05) is 6.26 Å². The summed E-state index contributed by atoms with van der Waals surface area (Å²) < 4.78 is 0. The van der Waals surface area contributed by atoms with Crippen LogP contribution >= 0.6 is 11.8 Å². The van der Waals surface area contributed by atoms with Gasteiger partial charge in [-0.1, -0.05) is 5.16 Å². The summed E-state index contributed by atoms with van der Waals surface area (Å²) in [4.78, 5) is 30.8. The number of urea groups is 1. The molecule has 0 heterocycles. The fourth-order valence-corrected chi connectivity index (χ4v) is 1.63. The topological polar surface area (TPSA) is 138 Å². The summed E-state index contributed by atoms with van der Waals surface area (Å²) in [6.07, 6.45) is 2.22. The number of hydrogen-bond donors (Lipinski definition) is 4. The minimum absolute atomic E-state index is 0.104. The Hall–Kier alpha value is -1.81. The van der Waals surface area contributed by atoms with Crippen molar-refractivity contribution in [2.75, 3.05) is 31.7 Å². The summed E-state index contributed by atoms with van der Waals surface area (Å²) in [5.74, 6) is -0.168. The number of nitrogens with one attached hydrogen (secondary N) is 2. The molecule has 0 bridgehead atoms. The zero-order valence-electron chi connectivity index (χ0n) is 11.9. The fourth-order valence-electron chi connectivity index (χ4n) is 1.16. The summed E-state index contributed by atoms with van der Waals surface area (Å²) in [6.45, 7) is 3.63. The van der Waals surface area contributed by atoms with E-state index in [4.69, 9.17) is 15.7 Å². The van der Waals surface area contributed by atoms with Crippen LogP contribution in [0.3, 0.4) is 0 Å². The number of carboxylic acid groups (broad SMARTS) is 1. The van der Waals surface area contributed by atoms with Crippen LogP contribution in [0.4, 0.5) is 4.79 Å². The molecule has 2 amide bonds. The highest BCUT2D eigenvalue weighted by Crippen LogP contribution is 2.00. The predicted octanol–water partition coefficient (Wildman–Crippen LogP) is -0.519. The molecule has 21 heavy (non-hydrogen) atoms. The molecule has 0 aliphatic heterocycles. The van der Waals surface area contributed by atoms with E-state index >= 15 is 0 Å². The maximum absolute atomic E-state index is 11.5. The standard InChI is InChI=1S/C11H21N5O4S/c1-13-9(7-12)16-20-5-4-14-11(19)15-8(10(17)18)3-6-21-2/h8H,1,3-7,12H2,2H3,(H,17,18)(H2,14,15,19)/b16-9-. The zero-order chi connectivity index (χ0) is 16.1. The van der Waals surface area contributed by atoms with Crippen LogP contribution in [-0.4, -0.2) is 67.4 Å². The fraction of sp³-hybridized carbons (Fsp3) is 0.636. The van der Waals surface area contributed by atoms with Crippen molar-refractivity contribution in [3.05, 3.63) is 0 Å². The zero-order valence-corrected chi connectivity index (χ0v) is 12.7. The van der Waals surface area contributed by atoms with E-state index in [-0.39, 0.29) is 25.5 Å². The Balaban J connectivity index is 3.95. The third-order valence-electron chi connectivity index (χ3n) is 2.23. The first-order valence-electron chi connectivity index (χ1n) is 6.16. The molecule has 0 fully saturated rings. The van der Waals surface area contributed by atoms with Crippen molar-refractivity contribution in [3.8, 4) is 0 Å². The molecular formula is C11H21N5O4S. The normalized spacial score (nSPS) is 12.4. The predicted molar refractivity (Wildman–Crippen MR) is 82.9 cm³/mol. The number of thioether (sulfide) groups is 1. The number of hydrogen-bond acceptors (Lipinski definition) is 6. The maximum Gasteiger partial charge on any atom is 0.326 e. The number of amidine groups is 1. The van der Waals surface area contributed by atoms with Crippen LogP contribution in [0.25, 0.3) is 0 Å². The first-order chi connectivity index (χ1) is 10.0. The third kappa shape index (κ3) is 9.68. The molecule has 0 saturated carbocycles. The van der Waals surface area contributed by atoms with Gasteiger partial charge in [0.1, 0.15) is 12.6 Å². The van der Waals surface area contributed by atoms with Crippen LogP contribution in [-0.2, 0) is 9.63 Å². The van der Waals surface area contributed by atoms with Crippen LogP contribution < -0.4 is 16.4 Å². The van der Waals surface area contributed by atoms with Gasteiger partial charge in [-0.05, 0) is 25.1 Å². The highest BCUT2D eigenvalue weighted by molar-refractivity contribution is 7.98. The largest absolute Gasteiger partial charge is 0.480 e. The molecule has 0 rings (SSSR count). The van der Waals surface area contributed by atoms with E-state index in [9.17, 15) is 9.59 Å². The Labute approximate surface area is 127 Å². The van der Waals surface area contributed by atoms with Gasteiger partial charge in [-0.2, -0.15) is 11.8 Å². The first kappa shape index (κ1) is 19.2. The summed E-state index contributed by atoms with van der Waals surface area (Å²) in [5.41, 5.74) is 5.29. The van der Waals surface area contributed by atoms with Crippen LogP contribution in [0.2, 0.25) is 0 Å². The number of carbonyl (C=O) groups excluding carboxylic acids is 1. The minimum atomic E-state index is -1.07. The summed E-state index contributed by atoms with van der Waals surface area (Å²) in [7, 11) is 0. The number of oxime groups is 1. The van der Waals surface area contributed by atoms with Crippen molar-refractivity contribution < 1.29 is 19.5 Å². The van der Waals surface area contributed by atoms with Gasteiger partial charge in [0.25, 0.3) is 0 Å². The molecule has 5 N–H and O–H groups in total. The van der Waals surface area contributed by atoms with Crippen LogP contribution in [0.1, 0.15) is 6.42 Å². The average molecular weight is 319 g/mol. The van der Waals surface area contributed by atoms with Gasteiger partial charge in [0.2, 0.25) is 0 Å².